The van der Waals surface area contributed by atoms with Crippen LogP contribution in [0.15, 0.2) is 6.20 Å². The lowest BCUT2D eigenvalue weighted by atomic mass is 10.2. The van der Waals surface area contributed by atoms with Crippen LogP contribution >= 0.6 is 0 Å². The van der Waals surface area contributed by atoms with Gasteiger partial charge in [-0.3, -0.25) is 0 Å². The van der Waals surface area contributed by atoms with E-state index in [0.717, 1.165) is 32.0 Å². The van der Waals surface area contributed by atoms with E-state index < -0.39 is 5.82 Å². The van der Waals surface area contributed by atoms with Gasteiger partial charge in [-0.1, -0.05) is 39.5 Å². The van der Waals surface area contributed by atoms with E-state index in [2.05, 4.69) is 22.2 Å². The SMILES string of the molecule is CCCCCCCOc1nc(NCCC)ncc1F. The van der Waals surface area contributed by atoms with Crippen molar-refractivity contribution in [3.05, 3.63) is 12.0 Å². The Hall–Kier alpha value is -1.39. The molecule has 0 aliphatic heterocycles. The van der Waals surface area contributed by atoms with E-state index in [9.17, 15) is 4.39 Å². The molecule has 19 heavy (non-hydrogen) atoms. The summed E-state index contributed by atoms with van der Waals surface area (Å²) in [4.78, 5) is 7.89. The fourth-order valence-electron chi connectivity index (χ4n) is 1.65. The molecule has 0 saturated carbocycles. The van der Waals surface area contributed by atoms with Crippen LogP contribution in [0, 0.1) is 5.82 Å². The van der Waals surface area contributed by atoms with Gasteiger partial charge in [-0.25, -0.2) is 4.98 Å². The molecule has 1 N–H and O–H groups in total. The van der Waals surface area contributed by atoms with Gasteiger partial charge in [0.1, 0.15) is 0 Å². The Kier molecular flexibility index (Phi) is 7.86. The van der Waals surface area contributed by atoms with Crippen LogP contribution in [-0.2, 0) is 0 Å². The van der Waals surface area contributed by atoms with Gasteiger partial charge in [0.15, 0.2) is 0 Å². The predicted molar refractivity (Wildman–Crippen MR) is 75.0 cm³/mol. The van der Waals surface area contributed by atoms with E-state index in [0.29, 0.717) is 12.6 Å². The second kappa shape index (κ2) is 9.53. The highest BCUT2D eigenvalue weighted by molar-refractivity contribution is 5.28. The number of unbranched alkanes of at least 4 members (excludes halogenated alkanes) is 4. The minimum absolute atomic E-state index is 0.0455. The number of hydrogen-bond donors (Lipinski definition) is 1. The minimum atomic E-state index is -0.504. The highest BCUT2D eigenvalue weighted by atomic mass is 19.1. The second-order valence-corrected chi connectivity index (χ2v) is 4.54. The van der Waals surface area contributed by atoms with E-state index in [4.69, 9.17) is 4.74 Å². The van der Waals surface area contributed by atoms with Crippen LogP contribution in [0.5, 0.6) is 5.88 Å². The molecule has 5 heteroatoms. The summed E-state index contributed by atoms with van der Waals surface area (Å²) >= 11 is 0. The van der Waals surface area contributed by atoms with Crippen molar-refractivity contribution in [3.63, 3.8) is 0 Å². The Morgan fingerprint density at radius 3 is 2.68 bits per heavy atom. The smallest absolute Gasteiger partial charge is 0.255 e. The zero-order chi connectivity index (χ0) is 13.9. The number of halogens is 1. The van der Waals surface area contributed by atoms with Gasteiger partial charge in [-0.05, 0) is 12.8 Å². The van der Waals surface area contributed by atoms with Gasteiger partial charge in [-0.2, -0.15) is 9.37 Å². The average molecular weight is 269 g/mol. The molecule has 0 spiro atoms. The summed E-state index contributed by atoms with van der Waals surface area (Å²) in [5, 5.41) is 3.01. The van der Waals surface area contributed by atoms with Crippen molar-refractivity contribution in [2.24, 2.45) is 0 Å². The van der Waals surface area contributed by atoms with Gasteiger partial charge in [-0.15, -0.1) is 0 Å². The zero-order valence-electron chi connectivity index (χ0n) is 11.9. The maximum Gasteiger partial charge on any atom is 0.255 e. The van der Waals surface area contributed by atoms with E-state index in [1.165, 1.54) is 19.3 Å². The molecule has 4 nitrogen and oxygen atoms in total. The lowest BCUT2D eigenvalue weighted by Crippen LogP contribution is -2.08. The molecule has 1 heterocycles. The summed E-state index contributed by atoms with van der Waals surface area (Å²) < 4.78 is 18.8. The normalized spacial score (nSPS) is 10.5. The first-order chi connectivity index (χ1) is 9.27. The fourth-order valence-corrected chi connectivity index (χ4v) is 1.65. The third-order valence-electron chi connectivity index (χ3n) is 2.73. The van der Waals surface area contributed by atoms with Crippen molar-refractivity contribution in [1.29, 1.82) is 0 Å². The summed E-state index contributed by atoms with van der Waals surface area (Å²) in [5.41, 5.74) is 0. The maximum absolute atomic E-state index is 13.4. The summed E-state index contributed by atoms with van der Waals surface area (Å²) in [6.45, 7) is 5.49. The summed E-state index contributed by atoms with van der Waals surface area (Å²) in [7, 11) is 0. The van der Waals surface area contributed by atoms with Crippen LogP contribution < -0.4 is 10.1 Å². The van der Waals surface area contributed by atoms with Gasteiger partial charge < -0.3 is 10.1 Å². The largest absolute Gasteiger partial charge is 0.475 e. The molecule has 0 saturated heterocycles. The number of ether oxygens (including phenoxy) is 1. The fraction of sp³-hybridized carbons (Fsp3) is 0.714. The van der Waals surface area contributed by atoms with Crippen molar-refractivity contribution >= 4 is 5.95 Å². The Bertz CT molecular complexity index is 361. The molecular formula is C14H24FN3O. The number of anilines is 1. The third kappa shape index (κ3) is 6.36. The Morgan fingerprint density at radius 1 is 1.16 bits per heavy atom. The highest BCUT2D eigenvalue weighted by Crippen LogP contribution is 2.15. The Morgan fingerprint density at radius 2 is 1.95 bits per heavy atom. The van der Waals surface area contributed by atoms with Gasteiger partial charge in [0, 0.05) is 6.54 Å². The van der Waals surface area contributed by atoms with Crippen molar-refractivity contribution < 1.29 is 9.13 Å². The molecule has 0 fully saturated rings. The number of nitrogens with one attached hydrogen (secondary N) is 1. The molecule has 0 unspecified atom stereocenters. The summed E-state index contributed by atoms with van der Waals surface area (Å²) in [5.74, 6) is -0.0380. The molecule has 0 amide bonds. The van der Waals surface area contributed by atoms with Crippen LogP contribution in [0.3, 0.4) is 0 Å². The van der Waals surface area contributed by atoms with Gasteiger partial charge in [0.05, 0.1) is 12.8 Å². The molecule has 108 valence electrons. The molecular weight excluding hydrogens is 245 g/mol. The number of aromatic nitrogens is 2. The summed E-state index contributed by atoms with van der Waals surface area (Å²) in [6.07, 6.45) is 7.82. The Balaban J connectivity index is 2.34. The quantitative estimate of drug-likeness (QED) is 0.656. The van der Waals surface area contributed by atoms with Gasteiger partial charge >= 0.3 is 0 Å². The lowest BCUT2D eigenvalue weighted by Gasteiger charge is -2.08. The van der Waals surface area contributed by atoms with Crippen LogP contribution in [0.2, 0.25) is 0 Å². The lowest BCUT2D eigenvalue weighted by molar-refractivity contribution is 0.277. The van der Waals surface area contributed by atoms with E-state index in [1.807, 2.05) is 6.92 Å². The molecule has 0 radical (unpaired) electrons. The van der Waals surface area contributed by atoms with Gasteiger partial charge in [0.25, 0.3) is 5.88 Å². The highest BCUT2D eigenvalue weighted by Gasteiger charge is 2.07. The second-order valence-electron chi connectivity index (χ2n) is 4.54. The van der Waals surface area contributed by atoms with Crippen LogP contribution in [0.25, 0.3) is 0 Å². The first-order valence-corrected chi connectivity index (χ1v) is 7.17. The van der Waals surface area contributed by atoms with Crippen molar-refractivity contribution in [3.8, 4) is 5.88 Å². The molecule has 0 aliphatic carbocycles. The average Bonchev–Trinajstić information content (AvgIpc) is 2.43. The predicted octanol–water partition coefficient (Wildman–Crippen LogP) is 3.79. The Labute approximate surface area is 114 Å². The molecule has 1 rings (SSSR count). The van der Waals surface area contributed by atoms with Crippen LogP contribution in [-0.4, -0.2) is 23.1 Å². The first kappa shape index (κ1) is 15.7. The van der Waals surface area contributed by atoms with E-state index >= 15 is 0 Å². The van der Waals surface area contributed by atoms with Gasteiger partial charge in [0.2, 0.25) is 11.8 Å². The van der Waals surface area contributed by atoms with Crippen molar-refractivity contribution in [2.45, 2.75) is 52.4 Å². The van der Waals surface area contributed by atoms with Crippen molar-refractivity contribution in [2.75, 3.05) is 18.5 Å². The molecule has 1 aromatic heterocycles. The number of nitrogens with zero attached hydrogens (tertiary/aromatic N) is 2. The number of rotatable bonds is 10. The topological polar surface area (TPSA) is 47.0 Å². The minimum Gasteiger partial charge on any atom is -0.475 e. The van der Waals surface area contributed by atoms with Crippen LogP contribution in [0.4, 0.5) is 10.3 Å². The third-order valence-corrected chi connectivity index (χ3v) is 2.73. The molecule has 0 bridgehead atoms. The van der Waals surface area contributed by atoms with Crippen LogP contribution in [0.1, 0.15) is 52.4 Å². The maximum atomic E-state index is 13.4. The van der Waals surface area contributed by atoms with Crippen molar-refractivity contribution in [1.82, 2.24) is 9.97 Å². The molecule has 0 aliphatic rings. The first-order valence-electron chi connectivity index (χ1n) is 7.17. The monoisotopic (exact) mass is 269 g/mol. The molecule has 0 atom stereocenters. The van der Waals surface area contributed by atoms with E-state index in [-0.39, 0.29) is 5.88 Å². The zero-order valence-corrected chi connectivity index (χ0v) is 11.9. The van der Waals surface area contributed by atoms with E-state index in [1.54, 1.807) is 0 Å². The standard InChI is InChI=1S/C14H24FN3O/c1-3-5-6-7-8-10-19-13-12(15)11-17-14(18-13)16-9-4-2/h11H,3-10H2,1-2H3,(H,16,17,18). The molecule has 0 aromatic carbocycles. The summed E-state index contributed by atoms with van der Waals surface area (Å²) in [6, 6.07) is 0. The molecule has 1 aromatic rings. The number of hydrogen-bond acceptors (Lipinski definition) is 4.